The van der Waals surface area contributed by atoms with Crippen LogP contribution in [0.5, 0.6) is 5.75 Å². The molecule has 1 amide bonds. The summed E-state index contributed by atoms with van der Waals surface area (Å²) in [5, 5.41) is 14.4. The minimum atomic E-state index is -0.956. The molecule has 1 aliphatic carbocycles. The van der Waals surface area contributed by atoms with Crippen molar-refractivity contribution >= 4 is 6.09 Å². The van der Waals surface area contributed by atoms with E-state index in [1.807, 2.05) is 0 Å². The van der Waals surface area contributed by atoms with Crippen LogP contribution in [0.3, 0.4) is 0 Å². The van der Waals surface area contributed by atoms with Crippen LogP contribution in [-0.4, -0.2) is 36.4 Å². The standard InChI is InChI=1S/C15H23N3O3/c1-21-12-9-11-5-4-6-13(14(11)18-10-12)16-7-2-3-8-17-15(19)20/h9-10,13,16-17H,2-8H2,1H3,(H,19,20). The van der Waals surface area contributed by atoms with Gasteiger partial charge < -0.3 is 20.5 Å². The van der Waals surface area contributed by atoms with Crippen molar-refractivity contribution in [1.82, 2.24) is 15.6 Å². The fourth-order valence-electron chi connectivity index (χ4n) is 2.68. The maximum Gasteiger partial charge on any atom is 0.404 e. The number of aryl methyl sites for hydroxylation is 1. The summed E-state index contributed by atoms with van der Waals surface area (Å²) >= 11 is 0. The molecule has 0 saturated heterocycles. The molecule has 0 radical (unpaired) electrons. The molecule has 116 valence electrons. The molecule has 0 aliphatic heterocycles. The number of methoxy groups -OCH3 is 1. The number of fused-ring (bicyclic) bond motifs is 1. The number of pyridine rings is 1. The maximum absolute atomic E-state index is 10.3. The van der Waals surface area contributed by atoms with Gasteiger partial charge in [0.1, 0.15) is 5.75 Å². The van der Waals surface area contributed by atoms with Crippen LogP contribution in [0.15, 0.2) is 12.3 Å². The van der Waals surface area contributed by atoms with Crippen molar-refractivity contribution in [3.63, 3.8) is 0 Å². The maximum atomic E-state index is 10.3. The third kappa shape index (κ3) is 4.60. The summed E-state index contributed by atoms with van der Waals surface area (Å²) < 4.78 is 5.22. The summed E-state index contributed by atoms with van der Waals surface area (Å²) in [7, 11) is 1.66. The van der Waals surface area contributed by atoms with Crippen molar-refractivity contribution in [2.75, 3.05) is 20.2 Å². The fraction of sp³-hybridized carbons (Fsp3) is 0.600. The first kappa shape index (κ1) is 15.6. The number of nitrogens with one attached hydrogen (secondary N) is 2. The summed E-state index contributed by atoms with van der Waals surface area (Å²) in [4.78, 5) is 14.9. The predicted molar refractivity (Wildman–Crippen MR) is 79.7 cm³/mol. The molecule has 1 atom stereocenters. The molecule has 6 nitrogen and oxygen atoms in total. The minimum absolute atomic E-state index is 0.298. The summed E-state index contributed by atoms with van der Waals surface area (Å²) in [5.74, 6) is 0.814. The molecule has 6 heteroatoms. The molecule has 1 aromatic rings. The molecule has 1 aliphatic rings. The van der Waals surface area contributed by atoms with Gasteiger partial charge in [0.15, 0.2) is 0 Å². The molecule has 0 saturated carbocycles. The van der Waals surface area contributed by atoms with Gasteiger partial charge in [0.05, 0.1) is 19.0 Å². The zero-order valence-electron chi connectivity index (χ0n) is 12.4. The van der Waals surface area contributed by atoms with Gasteiger partial charge in [-0.25, -0.2) is 4.79 Å². The van der Waals surface area contributed by atoms with Gasteiger partial charge in [0, 0.05) is 12.6 Å². The summed E-state index contributed by atoms with van der Waals surface area (Å²) in [6, 6.07) is 2.37. The molecule has 0 bridgehead atoms. The Morgan fingerprint density at radius 3 is 3.05 bits per heavy atom. The van der Waals surface area contributed by atoms with E-state index in [-0.39, 0.29) is 0 Å². The van der Waals surface area contributed by atoms with Crippen molar-refractivity contribution < 1.29 is 14.6 Å². The second kappa shape index (κ2) is 7.83. The normalized spacial score (nSPS) is 17.1. The highest BCUT2D eigenvalue weighted by molar-refractivity contribution is 5.64. The summed E-state index contributed by atoms with van der Waals surface area (Å²) in [6.45, 7) is 1.38. The Kier molecular flexibility index (Phi) is 5.80. The number of rotatable bonds is 7. The Labute approximate surface area is 124 Å². The lowest BCUT2D eigenvalue weighted by Gasteiger charge is -2.25. The topological polar surface area (TPSA) is 83.5 Å². The summed E-state index contributed by atoms with van der Waals surface area (Å²) in [6.07, 6.45) is 5.91. The van der Waals surface area contributed by atoms with E-state index < -0.39 is 6.09 Å². The zero-order valence-corrected chi connectivity index (χ0v) is 12.4. The monoisotopic (exact) mass is 293 g/mol. The van der Waals surface area contributed by atoms with Gasteiger partial charge in [-0.15, -0.1) is 0 Å². The van der Waals surface area contributed by atoms with Crippen molar-refractivity contribution in [3.8, 4) is 5.75 Å². The lowest BCUT2D eigenvalue weighted by Crippen LogP contribution is -2.28. The molecule has 2 rings (SSSR count). The van der Waals surface area contributed by atoms with Crippen molar-refractivity contribution in [2.45, 2.75) is 38.1 Å². The predicted octanol–water partition coefficient (Wildman–Crippen LogP) is 2.10. The molecule has 1 aromatic heterocycles. The SMILES string of the molecule is COc1cnc2c(c1)CCCC2NCCCCNC(=O)O. The average Bonchev–Trinajstić information content (AvgIpc) is 2.49. The first-order valence-corrected chi connectivity index (χ1v) is 7.43. The Bertz CT molecular complexity index is 479. The van der Waals surface area contributed by atoms with Gasteiger partial charge in [-0.1, -0.05) is 0 Å². The highest BCUT2D eigenvalue weighted by Gasteiger charge is 2.21. The fourth-order valence-corrected chi connectivity index (χ4v) is 2.68. The molecule has 0 aromatic carbocycles. The highest BCUT2D eigenvalue weighted by atomic mass is 16.5. The van der Waals surface area contributed by atoms with Crippen LogP contribution < -0.4 is 15.4 Å². The number of aromatic nitrogens is 1. The van der Waals surface area contributed by atoms with E-state index in [2.05, 4.69) is 21.7 Å². The molecule has 21 heavy (non-hydrogen) atoms. The lowest BCUT2D eigenvalue weighted by atomic mass is 9.91. The molecule has 0 spiro atoms. The largest absolute Gasteiger partial charge is 0.495 e. The Morgan fingerprint density at radius 2 is 2.29 bits per heavy atom. The number of nitrogens with zero attached hydrogens (tertiary/aromatic N) is 1. The van der Waals surface area contributed by atoms with Crippen molar-refractivity contribution in [3.05, 3.63) is 23.5 Å². The smallest absolute Gasteiger partial charge is 0.404 e. The number of amides is 1. The summed E-state index contributed by atoms with van der Waals surface area (Å²) in [5.41, 5.74) is 2.40. The number of unbranched alkanes of at least 4 members (excludes halogenated alkanes) is 1. The third-order valence-corrected chi connectivity index (χ3v) is 3.75. The number of hydrogen-bond acceptors (Lipinski definition) is 4. The van der Waals surface area contributed by atoms with E-state index >= 15 is 0 Å². The Hall–Kier alpha value is -1.82. The van der Waals surface area contributed by atoms with E-state index in [0.29, 0.717) is 12.6 Å². The lowest BCUT2D eigenvalue weighted by molar-refractivity contribution is 0.194. The van der Waals surface area contributed by atoms with Gasteiger partial charge in [-0.3, -0.25) is 4.98 Å². The first-order valence-electron chi connectivity index (χ1n) is 7.43. The number of carboxylic acid groups (broad SMARTS) is 1. The Morgan fingerprint density at radius 1 is 1.48 bits per heavy atom. The molecule has 1 heterocycles. The second-order valence-electron chi connectivity index (χ2n) is 5.26. The minimum Gasteiger partial charge on any atom is -0.495 e. The van der Waals surface area contributed by atoms with E-state index in [4.69, 9.17) is 9.84 Å². The van der Waals surface area contributed by atoms with Gasteiger partial charge in [-0.05, 0) is 50.3 Å². The third-order valence-electron chi connectivity index (χ3n) is 3.75. The molecular weight excluding hydrogens is 270 g/mol. The number of ether oxygens (including phenoxy) is 1. The second-order valence-corrected chi connectivity index (χ2v) is 5.26. The highest BCUT2D eigenvalue weighted by Crippen LogP contribution is 2.30. The van der Waals surface area contributed by atoms with Crippen LogP contribution in [0.25, 0.3) is 0 Å². The molecule has 0 fully saturated rings. The van der Waals surface area contributed by atoms with Crippen LogP contribution in [0, 0.1) is 0 Å². The van der Waals surface area contributed by atoms with E-state index in [0.717, 1.165) is 50.1 Å². The van der Waals surface area contributed by atoms with Crippen molar-refractivity contribution in [1.29, 1.82) is 0 Å². The molecular formula is C15H23N3O3. The first-order chi connectivity index (χ1) is 10.2. The van der Waals surface area contributed by atoms with Crippen LogP contribution in [0.2, 0.25) is 0 Å². The van der Waals surface area contributed by atoms with Gasteiger partial charge in [-0.2, -0.15) is 0 Å². The van der Waals surface area contributed by atoms with Crippen LogP contribution >= 0.6 is 0 Å². The van der Waals surface area contributed by atoms with E-state index in [1.54, 1.807) is 13.3 Å². The van der Waals surface area contributed by atoms with Crippen LogP contribution in [-0.2, 0) is 6.42 Å². The Balaban J connectivity index is 1.79. The van der Waals surface area contributed by atoms with Crippen LogP contribution in [0.1, 0.15) is 43.0 Å². The number of hydrogen-bond donors (Lipinski definition) is 3. The van der Waals surface area contributed by atoms with Crippen LogP contribution in [0.4, 0.5) is 4.79 Å². The molecule has 1 unspecified atom stereocenters. The molecule has 3 N–H and O–H groups in total. The zero-order chi connectivity index (χ0) is 15.1. The quantitative estimate of drug-likeness (QED) is 0.671. The van der Waals surface area contributed by atoms with Crippen molar-refractivity contribution in [2.24, 2.45) is 0 Å². The van der Waals surface area contributed by atoms with E-state index in [1.165, 1.54) is 5.56 Å². The van der Waals surface area contributed by atoms with Gasteiger partial charge >= 0.3 is 6.09 Å². The van der Waals surface area contributed by atoms with E-state index in [9.17, 15) is 4.79 Å². The van der Waals surface area contributed by atoms with Gasteiger partial charge in [0.2, 0.25) is 0 Å². The number of carbonyl (C=O) groups is 1. The van der Waals surface area contributed by atoms with Gasteiger partial charge in [0.25, 0.3) is 0 Å². The average molecular weight is 293 g/mol.